The Morgan fingerprint density at radius 2 is 2.12 bits per heavy atom. The summed E-state index contributed by atoms with van der Waals surface area (Å²) in [4.78, 5) is 4.57. The van der Waals surface area contributed by atoms with Crippen LogP contribution in [0.5, 0.6) is 0 Å². The molecule has 0 aliphatic rings. The molecule has 0 aliphatic carbocycles. The lowest BCUT2D eigenvalue weighted by molar-refractivity contribution is 0.904. The summed E-state index contributed by atoms with van der Waals surface area (Å²) in [6, 6.07) is 12.1. The third kappa shape index (κ3) is 3.30. The van der Waals surface area contributed by atoms with E-state index in [0.29, 0.717) is 0 Å². The van der Waals surface area contributed by atoms with Crippen LogP contribution in [-0.2, 0) is 6.42 Å². The molecule has 17 heavy (non-hydrogen) atoms. The molecule has 0 fully saturated rings. The molecule has 1 heterocycles. The Bertz CT molecular complexity index is 499. The number of nitrogens with zero attached hydrogens (tertiary/aromatic N) is 1. The summed E-state index contributed by atoms with van der Waals surface area (Å²) in [7, 11) is 0. The molecule has 1 aromatic carbocycles. The Morgan fingerprint density at radius 1 is 1.29 bits per heavy atom. The van der Waals surface area contributed by atoms with E-state index in [1.807, 2.05) is 43.5 Å². The third-order valence-corrected chi connectivity index (χ3v) is 3.93. The number of aryl methyl sites for hydroxylation is 1. The zero-order chi connectivity index (χ0) is 12.3. The van der Waals surface area contributed by atoms with Crippen molar-refractivity contribution in [2.75, 3.05) is 0 Å². The minimum absolute atomic E-state index is 0.246. The molecule has 0 spiro atoms. The van der Waals surface area contributed by atoms with Crippen LogP contribution < -0.4 is 0 Å². The van der Waals surface area contributed by atoms with Gasteiger partial charge in [0, 0.05) is 28.2 Å². The Kier molecular flexibility index (Phi) is 4.19. The van der Waals surface area contributed by atoms with E-state index in [9.17, 15) is 0 Å². The van der Waals surface area contributed by atoms with E-state index in [4.69, 9.17) is 11.6 Å². The van der Waals surface area contributed by atoms with Crippen LogP contribution in [0.1, 0.15) is 21.6 Å². The van der Waals surface area contributed by atoms with Gasteiger partial charge in [0.1, 0.15) is 0 Å². The number of benzene rings is 1. The number of hydrogen-bond acceptors (Lipinski definition) is 1. The Balaban J connectivity index is 2.14. The summed E-state index contributed by atoms with van der Waals surface area (Å²) in [6.45, 7) is 2.01. The molecule has 1 atom stereocenters. The van der Waals surface area contributed by atoms with Gasteiger partial charge in [0.15, 0.2) is 0 Å². The van der Waals surface area contributed by atoms with Crippen molar-refractivity contribution in [1.82, 2.24) is 4.98 Å². The Hall–Kier alpha value is -0.860. The van der Waals surface area contributed by atoms with Gasteiger partial charge in [0.05, 0.1) is 0 Å². The maximum Gasteiger partial charge on any atom is 0.0451 e. The van der Waals surface area contributed by atoms with Crippen molar-refractivity contribution in [2.24, 2.45) is 0 Å². The van der Waals surface area contributed by atoms with Crippen LogP contribution in [0.3, 0.4) is 0 Å². The lowest BCUT2D eigenvalue weighted by Gasteiger charge is -2.11. The minimum atomic E-state index is 0.246. The van der Waals surface area contributed by atoms with Gasteiger partial charge >= 0.3 is 0 Å². The highest BCUT2D eigenvalue weighted by Crippen LogP contribution is 2.29. The predicted molar refractivity (Wildman–Crippen MR) is 75.8 cm³/mol. The molecule has 0 aliphatic heterocycles. The van der Waals surface area contributed by atoms with Gasteiger partial charge in [0.25, 0.3) is 0 Å². The highest BCUT2D eigenvalue weighted by molar-refractivity contribution is 9.09. The Morgan fingerprint density at radius 3 is 2.76 bits per heavy atom. The molecule has 0 radical (unpaired) electrons. The molecule has 1 unspecified atom stereocenters. The fourth-order valence-electron chi connectivity index (χ4n) is 1.62. The Labute approximate surface area is 115 Å². The number of halogens is 2. The number of hydrogen-bond donors (Lipinski definition) is 0. The molecule has 3 heteroatoms. The largest absolute Gasteiger partial charge is 0.261 e. The van der Waals surface area contributed by atoms with Crippen molar-refractivity contribution >= 4 is 27.5 Å². The molecule has 1 nitrogen and oxygen atoms in total. The van der Waals surface area contributed by atoms with Crippen molar-refractivity contribution in [2.45, 2.75) is 18.2 Å². The van der Waals surface area contributed by atoms with Gasteiger partial charge < -0.3 is 0 Å². The van der Waals surface area contributed by atoms with E-state index >= 15 is 0 Å². The predicted octanol–water partition coefficient (Wildman–Crippen LogP) is 4.72. The minimum Gasteiger partial charge on any atom is -0.261 e. The normalized spacial score (nSPS) is 12.4. The standard InChI is InChI=1S/C14H13BrClN/c1-10-5-6-11(8-14(10)16)13(15)9-12-4-2-3-7-17-12/h2-8,13H,9H2,1H3. The van der Waals surface area contributed by atoms with E-state index in [-0.39, 0.29) is 4.83 Å². The summed E-state index contributed by atoms with van der Waals surface area (Å²) in [5.41, 5.74) is 3.37. The van der Waals surface area contributed by atoms with Gasteiger partial charge in [-0.25, -0.2) is 0 Å². The molecule has 2 aromatic rings. The smallest absolute Gasteiger partial charge is 0.0451 e. The quantitative estimate of drug-likeness (QED) is 0.747. The second kappa shape index (κ2) is 5.65. The fraction of sp³-hybridized carbons (Fsp3) is 0.214. The third-order valence-electron chi connectivity index (χ3n) is 2.67. The molecule has 0 saturated carbocycles. The number of pyridine rings is 1. The first-order chi connectivity index (χ1) is 8.16. The maximum absolute atomic E-state index is 6.12. The van der Waals surface area contributed by atoms with Crippen molar-refractivity contribution in [3.8, 4) is 0 Å². The van der Waals surface area contributed by atoms with Crippen molar-refractivity contribution < 1.29 is 0 Å². The number of alkyl halides is 1. The lowest BCUT2D eigenvalue weighted by atomic mass is 10.1. The van der Waals surface area contributed by atoms with E-state index in [0.717, 1.165) is 22.7 Å². The van der Waals surface area contributed by atoms with Crippen molar-refractivity contribution in [3.05, 3.63) is 64.4 Å². The van der Waals surface area contributed by atoms with Gasteiger partial charge in [0.2, 0.25) is 0 Å². The van der Waals surface area contributed by atoms with Crippen LogP contribution >= 0.6 is 27.5 Å². The van der Waals surface area contributed by atoms with Gasteiger partial charge in [-0.2, -0.15) is 0 Å². The van der Waals surface area contributed by atoms with Crippen LogP contribution in [0.2, 0.25) is 5.02 Å². The second-order valence-electron chi connectivity index (χ2n) is 4.00. The molecule has 88 valence electrons. The fourth-order valence-corrected chi connectivity index (χ4v) is 2.43. The lowest BCUT2D eigenvalue weighted by Crippen LogP contribution is -1.97. The molecule has 0 bridgehead atoms. The highest BCUT2D eigenvalue weighted by Gasteiger charge is 2.10. The van der Waals surface area contributed by atoms with E-state index in [2.05, 4.69) is 27.0 Å². The van der Waals surface area contributed by atoms with Gasteiger partial charge in [-0.05, 0) is 36.2 Å². The zero-order valence-corrected chi connectivity index (χ0v) is 11.9. The number of rotatable bonds is 3. The molecule has 2 rings (SSSR count). The van der Waals surface area contributed by atoms with Crippen molar-refractivity contribution in [3.63, 3.8) is 0 Å². The molecule has 0 saturated heterocycles. The average molecular weight is 311 g/mol. The van der Waals surface area contributed by atoms with E-state index < -0.39 is 0 Å². The van der Waals surface area contributed by atoms with E-state index in [1.165, 1.54) is 5.56 Å². The summed E-state index contributed by atoms with van der Waals surface area (Å²) >= 11 is 9.81. The van der Waals surface area contributed by atoms with Crippen LogP contribution in [0.15, 0.2) is 42.6 Å². The molecule has 0 N–H and O–H groups in total. The molecule has 0 amide bonds. The van der Waals surface area contributed by atoms with Crippen LogP contribution in [0, 0.1) is 6.92 Å². The monoisotopic (exact) mass is 309 g/mol. The average Bonchev–Trinajstić information content (AvgIpc) is 2.34. The van der Waals surface area contributed by atoms with Crippen LogP contribution in [0.4, 0.5) is 0 Å². The van der Waals surface area contributed by atoms with Crippen LogP contribution in [0.25, 0.3) is 0 Å². The van der Waals surface area contributed by atoms with Gasteiger partial charge in [-0.1, -0.05) is 45.7 Å². The van der Waals surface area contributed by atoms with Crippen molar-refractivity contribution in [1.29, 1.82) is 0 Å². The van der Waals surface area contributed by atoms with Gasteiger partial charge in [-0.3, -0.25) is 4.98 Å². The summed E-state index contributed by atoms with van der Waals surface area (Å²) < 4.78 is 0. The molecular weight excluding hydrogens is 298 g/mol. The zero-order valence-electron chi connectivity index (χ0n) is 9.53. The number of aromatic nitrogens is 1. The highest BCUT2D eigenvalue weighted by atomic mass is 79.9. The second-order valence-corrected chi connectivity index (χ2v) is 5.51. The summed E-state index contributed by atoms with van der Waals surface area (Å²) in [5.74, 6) is 0. The topological polar surface area (TPSA) is 12.9 Å². The molecular formula is C14H13BrClN. The molecule has 1 aromatic heterocycles. The van der Waals surface area contributed by atoms with E-state index in [1.54, 1.807) is 0 Å². The first kappa shape index (κ1) is 12.6. The summed E-state index contributed by atoms with van der Waals surface area (Å²) in [6.07, 6.45) is 2.68. The maximum atomic E-state index is 6.12. The van der Waals surface area contributed by atoms with Gasteiger partial charge in [-0.15, -0.1) is 0 Å². The first-order valence-electron chi connectivity index (χ1n) is 5.47. The SMILES string of the molecule is Cc1ccc(C(Br)Cc2ccccn2)cc1Cl. The van der Waals surface area contributed by atoms with Crippen LogP contribution in [-0.4, -0.2) is 4.98 Å². The first-order valence-corrected chi connectivity index (χ1v) is 6.76. The summed E-state index contributed by atoms with van der Waals surface area (Å²) in [5, 5.41) is 0.813.